The number of likely N-dealkylation sites (tertiary alicyclic amines) is 1. The molecule has 31 heavy (non-hydrogen) atoms. The SMILES string of the molecule is COc1ccc(OC)c([C@@H]2C(=C(O)c3ccc(C)cc3)C(=O)C(=O)N2CC[NH+](C)C)c1. The van der Waals surface area contributed by atoms with Crippen LogP contribution in [0.3, 0.4) is 0 Å². The van der Waals surface area contributed by atoms with Crippen LogP contribution in [0.1, 0.15) is 22.7 Å². The average Bonchev–Trinajstić information content (AvgIpc) is 3.01. The highest BCUT2D eigenvalue weighted by molar-refractivity contribution is 6.46. The summed E-state index contributed by atoms with van der Waals surface area (Å²) in [6, 6.07) is 11.6. The minimum absolute atomic E-state index is 0.0502. The van der Waals surface area contributed by atoms with Crippen LogP contribution in [-0.2, 0) is 9.59 Å². The van der Waals surface area contributed by atoms with Crippen molar-refractivity contribution in [1.82, 2.24) is 4.90 Å². The number of aliphatic hydroxyl groups is 1. The Hall–Kier alpha value is -3.32. The minimum Gasteiger partial charge on any atom is -0.507 e. The van der Waals surface area contributed by atoms with Gasteiger partial charge in [-0.05, 0) is 25.1 Å². The van der Waals surface area contributed by atoms with Gasteiger partial charge in [0.15, 0.2) is 0 Å². The van der Waals surface area contributed by atoms with Crippen molar-refractivity contribution in [3.8, 4) is 11.5 Å². The average molecular weight is 426 g/mol. The molecule has 1 saturated heterocycles. The molecule has 2 N–H and O–H groups in total. The fourth-order valence-electron chi connectivity index (χ4n) is 3.70. The second-order valence-electron chi connectivity index (χ2n) is 7.92. The van der Waals surface area contributed by atoms with Crippen LogP contribution in [0.4, 0.5) is 0 Å². The molecule has 0 spiro atoms. The molecule has 7 heteroatoms. The molecule has 7 nitrogen and oxygen atoms in total. The predicted molar refractivity (Wildman–Crippen MR) is 117 cm³/mol. The van der Waals surface area contributed by atoms with Crippen LogP contribution in [0.15, 0.2) is 48.0 Å². The predicted octanol–water partition coefficient (Wildman–Crippen LogP) is 1.58. The van der Waals surface area contributed by atoms with Crippen LogP contribution in [-0.4, -0.2) is 63.1 Å². The summed E-state index contributed by atoms with van der Waals surface area (Å²) >= 11 is 0. The number of rotatable bonds is 7. The lowest BCUT2D eigenvalue weighted by molar-refractivity contribution is -0.857. The summed E-state index contributed by atoms with van der Waals surface area (Å²) in [6.45, 7) is 2.93. The van der Waals surface area contributed by atoms with Gasteiger partial charge in [0.25, 0.3) is 11.7 Å². The van der Waals surface area contributed by atoms with E-state index in [2.05, 4.69) is 0 Å². The van der Waals surface area contributed by atoms with Crippen molar-refractivity contribution in [2.75, 3.05) is 41.4 Å². The van der Waals surface area contributed by atoms with Gasteiger partial charge in [0, 0.05) is 11.1 Å². The molecule has 1 fully saturated rings. The van der Waals surface area contributed by atoms with E-state index in [4.69, 9.17) is 9.47 Å². The molecule has 1 atom stereocenters. The number of quaternary nitrogens is 1. The second kappa shape index (κ2) is 9.22. The highest BCUT2D eigenvalue weighted by Gasteiger charge is 2.47. The number of Topliss-reactive ketones (excluding diaryl/α,β-unsaturated/α-hetero) is 1. The Morgan fingerprint density at radius 2 is 1.74 bits per heavy atom. The number of aliphatic hydroxyl groups excluding tert-OH is 1. The van der Waals surface area contributed by atoms with Crippen molar-refractivity contribution in [1.29, 1.82) is 0 Å². The van der Waals surface area contributed by atoms with Gasteiger partial charge in [0.1, 0.15) is 17.3 Å². The molecule has 1 aliphatic rings. The zero-order chi connectivity index (χ0) is 22.7. The van der Waals surface area contributed by atoms with Crippen LogP contribution >= 0.6 is 0 Å². The van der Waals surface area contributed by atoms with Gasteiger partial charge < -0.3 is 24.4 Å². The Bertz CT molecular complexity index is 1010. The van der Waals surface area contributed by atoms with Crippen molar-refractivity contribution in [3.63, 3.8) is 0 Å². The van der Waals surface area contributed by atoms with Gasteiger partial charge in [-0.1, -0.05) is 29.8 Å². The van der Waals surface area contributed by atoms with Crippen LogP contribution < -0.4 is 14.4 Å². The summed E-state index contributed by atoms with van der Waals surface area (Å²) in [4.78, 5) is 28.7. The Morgan fingerprint density at radius 1 is 1.06 bits per heavy atom. The Kier molecular flexibility index (Phi) is 6.65. The molecule has 0 aliphatic carbocycles. The molecule has 0 radical (unpaired) electrons. The second-order valence-corrected chi connectivity index (χ2v) is 7.92. The van der Waals surface area contributed by atoms with Crippen molar-refractivity contribution >= 4 is 17.4 Å². The number of hydrogen-bond donors (Lipinski definition) is 2. The van der Waals surface area contributed by atoms with Crippen molar-refractivity contribution in [2.45, 2.75) is 13.0 Å². The summed E-state index contributed by atoms with van der Waals surface area (Å²) in [5.41, 5.74) is 2.14. The third-order valence-electron chi connectivity index (χ3n) is 5.45. The zero-order valence-corrected chi connectivity index (χ0v) is 18.6. The Morgan fingerprint density at radius 3 is 2.32 bits per heavy atom. The zero-order valence-electron chi connectivity index (χ0n) is 18.6. The maximum absolute atomic E-state index is 13.1. The number of hydrogen-bond acceptors (Lipinski definition) is 5. The summed E-state index contributed by atoms with van der Waals surface area (Å²) < 4.78 is 10.9. The Balaban J connectivity index is 2.23. The molecule has 2 aromatic rings. The summed E-state index contributed by atoms with van der Waals surface area (Å²) in [5.74, 6) is -0.473. The van der Waals surface area contributed by atoms with Crippen LogP contribution in [0.25, 0.3) is 5.76 Å². The lowest BCUT2D eigenvalue weighted by atomic mass is 9.94. The van der Waals surface area contributed by atoms with Gasteiger partial charge in [-0.25, -0.2) is 0 Å². The number of carbonyl (C=O) groups excluding carboxylic acids is 2. The molecule has 0 unspecified atom stereocenters. The largest absolute Gasteiger partial charge is 0.507 e. The van der Waals surface area contributed by atoms with Gasteiger partial charge in [-0.3, -0.25) is 9.59 Å². The molecule has 0 bridgehead atoms. The van der Waals surface area contributed by atoms with E-state index in [1.54, 1.807) is 37.4 Å². The van der Waals surface area contributed by atoms with Crippen molar-refractivity contribution < 1.29 is 29.1 Å². The first kappa shape index (κ1) is 22.4. The van der Waals surface area contributed by atoms with E-state index in [1.165, 1.54) is 12.0 Å². The molecule has 0 aromatic heterocycles. The van der Waals surface area contributed by atoms with Crippen molar-refractivity contribution in [3.05, 3.63) is 64.7 Å². The lowest BCUT2D eigenvalue weighted by Gasteiger charge is -2.27. The number of methoxy groups -OCH3 is 2. The molecule has 0 saturated carbocycles. The lowest BCUT2D eigenvalue weighted by Crippen LogP contribution is -3.06. The number of ketones is 1. The highest BCUT2D eigenvalue weighted by atomic mass is 16.5. The van der Waals surface area contributed by atoms with E-state index in [1.807, 2.05) is 33.2 Å². The minimum atomic E-state index is -0.786. The number of amides is 1. The van der Waals surface area contributed by atoms with Crippen molar-refractivity contribution in [2.24, 2.45) is 0 Å². The number of ether oxygens (including phenoxy) is 2. The molecular weight excluding hydrogens is 396 g/mol. The summed E-state index contributed by atoms with van der Waals surface area (Å²) in [5, 5.41) is 11.1. The van der Waals surface area contributed by atoms with Crippen LogP contribution in [0, 0.1) is 6.92 Å². The first-order chi connectivity index (χ1) is 14.8. The monoisotopic (exact) mass is 425 g/mol. The Labute approximate surface area is 182 Å². The van der Waals surface area contributed by atoms with E-state index in [0.717, 1.165) is 10.5 Å². The van der Waals surface area contributed by atoms with E-state index < -0.39 is 17.7 Å². The fraction of sp³-hybridized carbons (Fsp3) is 0.333. The third kappa shape index (κ3) is 4.41. The quantitative estimate of drug-likeness (QED) is 0.400. The number of benzene rings is 2. The topological polar surface area (TPSA) is 80.5 Å². The van der Waals surface area contributed by atoms with Gasteiger partial charge in [-0.2, -0.15) is 0 Å². The molecule has 1 heterocycles. The molecule has 1 amide bonds. The number of nitrogens with one attached hydrogen (secondary N) is 1. The van der Waals surface area contributed by atoms with E-state index in [-0.39, 0.29) is 11.3 Å². The first-order valence-electron chi connectivity index (χ1n) is 10.1. The van der Waals surface area contributed by atoms with Crippen LogP contribution in [0.2, 0.25) is 0 Å². The molecule has 1 aliphatic heterocycles. The number of carbonyl (C=O) groups is 2. The van der Waals surface area contributed by atoms with Crippen LogP contribution in [0.5, 0.6) is 11.5 Å². The van der Waals surface area contributed by atoms with E-state index in [9.17, 15) is 14.7 Å². The van der Waals surface area contributed by atoms with Gasteiger partial charge in [0.2, 0.25) is 0 Å². The standard InChI is InChI=1S/C24H28N2O5/c1-15-6-8-16(9-7-15)22(27)20-21(18-14-17(30-4)10-11-19(18)31-5)26(13-12-25(2)3)24(29)23(20)28/h6-11,14,21,27H,12-13H2,1-5H3/p+1/t21-/m1/s1. The fourth-order valence-corrected chi connectivity index (χ4v) is 3.70. The molecule has 2 aromatic carbocycles. The molecule has 164 valence electrons. The highest BCUT2D eigenvalue weighted by Crippen LogP contribution is 2.43. The first-order valence-corrected chi connectivity index (χ1v) is 10.1. The third-order valence-corrected chi connectivity index (χ3v) is 5.45. The maximum Gasteiger partial charge on any atom is 0.295 e. The van der Waals surface area contributed by atoms with Gasteiger partial charge in [-0.15, -0.1) is 0 Å². The van der Waals surface area contributed by atoms with E-state index in [0.29, 0.717) is 35.7 Å². The normalized spacial score (nSPS) is 18.0. The van der Waals surface area contributed by atoms with E-state index >= 15 is 0 Å². The number of likely N-dealkylation sites (N-methyl/N-ethyl adjacent to an activating group) is 1. The summed E-state index contributed by atoms with van der Waals surface area (Å²) in [7, 11) is 7.03. The smallest absolute Gasteiger partial charge is 0.295 e. The van der Waals surface area contributed by atoms with Gasteiger partial charge >= 0.3 is 0 Å². The molecule has 3 rings (SSSR count). The van der Waals surface area contributed by atoms with Gasteiger partial charge in [0.05, 0.1) is 53.0 Å². The summed E-state index contributed by atoms with van der Waals surface area (Å²) in [6.07, 6.45) is 0. The molecular formula is C24H29N2O5+. The maximum atomic E-state index is 13.1. The number of nitrogens with zero attached hydrogens (tertiary/aromatic N) is 1. The number of aryl methyl sites for hydroxylation is 1.